The smallest absolute Gasteiger partial charge is 0.127 e. The third-order valence-electron chi connectivity index (χ3n) is 4.72. The molecule has 1 heterocycles. The lowest BCUT2D eigenvalue weighted by Crippen LogP contribution is -2.56. The number of benzene rings is 1. The maximum Gasteiger partial charge on any atom is 0.127 e. The van der Waals surface area contributed by atoms with Gasteiger partial charge in [-0.05, 0) is 43.4 Å². The number of nitrogens with one attached hydrogen (secondary N) is 1. The van der Waals surface area contributed by atoms with Gasteiger partial charge in [0, 0.05) is 37.3 Å². The molecule has 0 spiro atoms. The van der Waals surface area contributed by atoms with Gasteiger partial charge in [0.05, 0.1) is 0 Å². The molecule has 21 heavy (non-hydrogen) atoms. The molecule has 1 aliphatic heterocycles. The van der Waals surface area contributed by atoms with Gasteiger partial charge < -0.3 is 5.32 Å². The van der Waals surface area contributed by atoms with E-state index in [2.05, 4.69) is 17.1 Å². The molecule has 1 aromatic carbocycles. The Hall–Kier alpha value is -1.00. The zero-order valence-electron chi connectivity index (χ0n) is 12.6. The van der Waals surface area contributed by atoms with Crippen LogP contribution in [0.15, 0.2) is 18.2 Å². The summed E-state index contributed by atoms with van der Waals surface area (Å²) < 4.78 is 27.3. The topological polar surface area (TPSA) is 15.3 Å². The van der Waals surface area contributed by atoms with Crippen LogP contribution in [0.2, 0.25) is 0 Å². The van der Waals surface area contributed by atoms with E-state index in [1.807, 2.05) is 0 Å². The molecule has 2 unspecified atom stereocenters. The van der Waals surface area contributed by atoms with Crippen molar-refractivity contribution in [3.05, 3.63) is 35.4 Å². The average molecular weight is 294 g/mol. The van der Waals surface area contributed by atoms with Crippen LogP contribution < -0.4 is 5.32 Å². The molecule has 3 rings (SSSR count). The number of rotatable bonds is 5. The molecule has 0 aromatic heterocycles. The molecule has 4 heteroatoms. The van der Waals surface area contributed by atoms with E-state index >= 15 is 0 Å². The quantitative estimate of drug-likeness (QED) is 0.896. The van der Waals surface area contributed by atoms with E-state index in [1.54, 1.807) is 0 Å². The van der Waals surface area contributed by atoms with Gasteiger partial charge in [-0.25, -0.2) is 8.78 Å². The summed E-state index contributed by atoms with van der Waals surface area (Å²) in [5.74, 6) is 0.0860. The molecule has 1 N–H and O–H groups in total. The average Bonchev–Trinajstić information content (AvgIpc) is 3.28. The van der Waals surface area contributed by atoms with Crippen molar-refractivity contribution in [1.29, 1.82) is 0 Å². The second-order valence-corrected chi connectivity index (χ2v) is 6.46. The van der Waals surface area contributed by atoms with E-state index in [0.717, 1.165) is 31.8 Å². The van der Waals surface area contributed by atoms with Gasteiger partial charge in [0.25, 0.3) is 0 Å². The lowest BCUT2D eigenvalue weighted by atomic mass is 10.0. The van der Waals surface area contributed by atoms with Crippen LogP contribution in [0.25, 0.3) is 0 Å². The highest BCUT2D eigenvalue weighted by Crippen LogP contribution is 2.37. The number of hydrogen-bond acceptors (Lipinski definition) is 2. The molecule has 2 nitrogen and oxygen atoms in total. The summed E-state index contributed by atoms with van der Waals surface area (Å²) in [4.78, 5) is 2.37. The van der Waals surface area contributed by atoms with Crippen molar-refractivity contribution in [2.45, 2.75) is 51.2 Å². The van der Waals surface area contributed by atoms with Crippen molar-refractivity contribution in [1.82, 2.24) is 10.2 Å². The summed E-state index contributed by atoms with van der Waals surface area (Å²) in [5, 5.41) is 3.62. The Balaban J connectivity index is 1.73. The third-order valence-corrected chi connectivity index (χ3v) is 4.72. The van der Waals surface area contributed by atoms with Gasteiger partial charge in [0.1, 0.15) is 11.6 Å². The fraction of sp³-hybridized carbons (Fsp3) is 0.647. The first-order valence-electron chi connectivity index (χ1n) is 8.08. The second-order valence-electron chi connectivity index (χ2n) is 6.46. The summed E-state index contributed by atoms with van der Waals surface area (Å²) >= 11 is 0. The van der Waals surface area contributed by atoms with Crippen molar-refractivity contribution < 1.29 is 8.78 Å². The zero-order valence-corrected chi connectivity index (χ0v) is 12.6. The van der Waals surface area contributed by atoms with E-state index in [-0.39, 0.29) is 11.6 Å². The van der Waals surface area contributed by atoms with Gasteiger partial charge in [0.2, 0.25) is 0 Å². The summed E-state index contributed by atoms with van der Waals surface area (Å²) in [5.41, 5.74) is 0.484. The van der Waals surface area contributed by atoms with Crippen LogP contribution >= 0.6 is 0 Å². The molecule has 2 fully saturated rings. The molecule has 0 radical (unpaired) electrons. The molecular weight excluding hydrogens is 270 g/mol. The molecule has 2 aliphatic rings. The third kappa shape index (κ3) is 3.61. The first-order valence-corrected chi connectivity index (χ1v) is 8.08. The van der Waals surface area contributed by atoms with Crippen LogP contribution in [0.5, 0.6) is 0 Å². The Kier molecular flexibility index (Phi) is 4.55. The zero-order chi connectivity index (χ0) is 14.8. The number of hydrogen-bond donors (Lipinski definition) is 1. The van der Waals surface area contributed by atoms with E-state index in [4.69, 9.17) is 0 Å². The molecule has 1 aliphatic carbocycles. The Morgan fingerprint density at radius 2 is 2.10 bits per heavy atom. The standard InChI is InChI=1S/C17H24F2N2/c1-2-3-15-11-21(17(9-20-15)12-4-5-12)10-13-8-14(18)6-7-16(13)19/h6-8,12,15,17,20H,2-5,9-11H2,1H3. The molecular formula is C17H24F2N2. The highest BCUT2D eigenvalue weighted by Gasteiger charge is 2.38. The van der Waals surface area contributed by atoms with E-state index in [9.17, 15) is 8.78 Å². The summed E-state index contributed by atoms with van der Waals surface area (Å²) in [6, 6.07) is 4.72. The van der Waals surface area contributed by atoms with Gasteiger partial charge in [-0.15, -0.1) is 0 Å². The number of piperazine rings is 1. The lowest BCUT2D eigenvalue weighted by molar-refractivity contribution is 0.103. The van der Waals surface area contributed by atoms with Crippen molar-refractivity contribution in [3.63, 3.8) is 0 Å². The maximum absolute atomic E-state index is 13.9. The van der Waals surface area contributed by atoms with Gasteiger partial charge in [-0.2, -0.15) is 0 Å². The predicted molar refractivity (Wildman–Crippen MR) is 80.0 cm³/mol. The second kappa shape index (κ2) is 6.41. The van der Waals surface area contributed by atoms with Crippen LogP contribution in [0, 0.1) is 17.6 Å². The fourth-order valence-electron chi connectivity index (χ4n) is 3.45. The van der Waals surface area contributed by atoms with Gasteiger partial charge in [-0.3, -0.25) is 4.90 Å². The lowest BCUT2D eigenvalue weighted by Gasteiger charge is -2.41. The predicted octanol–water partition coefficient (Wildman–Crippen LogP) is 3.32. The minimum absolute atomic E-state index is 0.295. The van der Waals surface area contributed by atoms with Crippen molar-refractivity contribution in [2.24, 2.45) is 5.92 Å². The highest BCUT2D eigenvalue weighted by atomic mass is 19.1. The first-order chi connectivity index (χ1) is 10.2. The van der Waals surface area contributed by atoms with Gasteiger partial charge in [0.15, 0.2) is 0 Å². The van der Waals surface area contributed by atoms with E-state index in [1.165, 1.54) is 31.0 Å². The molecule has 2 atom stereocenters. The Morgan fingerprint density at radius 1 is 1.29 bits per heavy atom. The normalized spacial score (nSPS) is 27.0. The fourth-order valence-corrected chi connectivity index (χ4v) is 3.45. The van der Waals surface area contributed by atoms with Crippen LogP contribution in [0.3, 0.4) is 0 Å². The summed E-state index contributed by atoms with van der Waals surface area (Å²) in [6.07, 6.45) is 4.83. The molecule has 1 saturated carbocycles. The highest BCUT2D eigenvalue weighted by molar-refractivity contribution is 5.19. The minimum atomic E-state index is -0.352. The summed E-state index contributed by atoms with van der Waals surface area (Å²) in [6.45, 7) is 4.62. The maximum atomic E-state index is 13.9. The van der Waals surface area contributed by atoms with Crippen LogP contribution in [0.1, 0.15) is 38.2 Å². The van der Waals surface area contributed by atoms with Crippen molar-refractivity contribution in [2.75, 3.05) is 13.1 Å². The Morgan fingerprint density at radius 3 is 2.81 bits per heavy atom. The molecule has 0 bridgehead atoms. The number of nitrogens with zero attached hydrogens (tertiary/aromatic N) is 1. The van der Waals surface area contributed by atoms with Gasteiger partial charge >= 0.3 is 0 Å². The van der Waals surface area contributed by atoms with Crippen molar-refractivity contribution >= 4 is 0 Å². The Bertz CT molecular complexity index is 488. The van der Waals surface area contributed by atoms with Crippen LogP contribution in [-0.2, 0) is 6.54 Å². The van der Waals surface area contributed by atoms with Crippen LogP contribution in [-0.4, -0.2) is 30.1 Å². The molecule has 1 aromatic rings. The van der Waals surface area contributed by atoms with Gasteiger partial charge in [-0.1, -0.05) is 13.3 Å². The van der Waals surface area contributed by atoms with E-state index < -0.39 is 0 Å². The first kappa shape index (κ1) is 14.9. The monoisotopic (exact) mass is 294 g/mol. The summed E-state index contributed by atoms with van der Waals surface area (Å²) in [7, 11) is 0. The molecule has 1 saturated heterocycles. The molecule has 116 valence electrons. The number of halogens is 2. The van der Waals surface area contributed by atoms with E-state index in [0.29, 0.717) is 24.2 Å². The SMILES string of the molecule is CCCC1CN(Cc2cc(F)ccc2F)C(C2CC2)CN1. The van der Waals surface area contributed by atoms with Crippen molar-refractivity contribution in [3.8, 4) is 0 Å². The Labute approximate surface area is 125 Å². The largest absolute Gasteiger partial charge is 0.311 e. The minimum Gasteiger partial charge on any atom is -0.311 e. The van der Waals surface area contributed by atoms with Crippen LogP contribution in [0.4, 0.5) is 8.78 Å². The molecule has 0 amide bonds.